The summed E-state index contributed by atoms with van der Waals surface area (Å²) in [4.78, 5) is 27.0. The van der Waals surface area contributed by atoms with Crippen LogP contribution < -0.4 is 20.7 Å². The Morgan fingerprint density at radius 3 is 1.47 bits per heavy atom. The first-order chi connectivity index (χ1) is 34.1. The molecule has 0 radical (unpaired) electrons. The van der Waals surface area contributed by atoms with Crippen LogP contribution in [-0.2, 0) is 19.4 Å². The minimum atomic E-state index is -4.79. The second kappa shape index (κ2) is 21.1. The lowest BCUT2D eigenvalue weighted by Gasteiger charge is -2.23. The lowest BCUT2D eigenvalue weighted by molar-refractivity contribution is -0.118. The molecule has 2 heterocycles. The third kappa shape index (κ3) is 11.7. The van der Waals surface area contributed by atoms with Crippen molar-refractivity contribution in [2.75, 3.05) is 33.2 Å². The standard InChI is InChI=1S/C25H18F4N4O3S.C25H18F4N4OS/c1-37(35,36)22-8-3-2-7-18(22)16-9-10-20(19(26)12-16)31-24(34)21-13-23(25(27,28)29)32-33(21)17-6-4-5-15(11-17)14-30;1-35-22-8-3-2-7-18(22)16-9-10-20(19(26)12-16)31-24(34)21-13-23(25(27,28)29)32-33(21)17-6-4-5-15(11-17)14-30/h2-12,21H,13H2,1H3,(H,31,34);2-12,21H,13H2,1H3,(H,31,34). The van der Waals surface area contributed by atoms with Gasteiger partial charge in [-0.15, -0.1) is 11.8 Å². The summed E-state index contributed by atoms with van der Waals surface area (Å²) in [7, 11) is -3.61. The molecular formula is C50H36F8N8O4S2. The van der Waals surface area contributed by atoms with Gasteiger partial charge in [0.25, 0.3) is 0 Å². The van der Waals surface area contributed by atoms with E-state index in [1.54, 1.807) is 12.1 Å². The summed E-state index contributed by atoms with van der Waals surface area (Å²) < 4.78 is 134. The number of benzene rings is 6. The van der Waals surface area contributed by atoms with E-state index in [9.17, 15) is 53.1 Å². The van der Waals surface area contributed by atoms with Crippen LogP contribution in [0.1, 0.15) is 24.0 Å². The summed E-state index contributed by atoms with van der Waals surface area (Å²) in [5, 5.41) is 31.9. The quantitative estimate of drug-likeness (QED) is 0.100. The number of halogens is 8. The fraction of sp³-hybridized carbons (Fsp3) is 0.160. The molecule has 0 fully saturated rings. The molecule has 368 valence electrons. The average Bonchev–Trinajstić information content (AvgIpc) is 4.03. The van der Waals surface area contributed by atoms with Crippen LogP contribution in [-0.4, -0.2) is 68.6 Å². The molecule has 2 amide bonds. The van der Waals surface area contributed by atoms with Gasteiger partial charge in [-0.25, -0.2) is 17.2 Å². The van der Waals surface area contributed by atoms with Gasteiger partial charge in [0, 0.05) is 29.6 Å². The molecule has 2 unspecified atom stereocenters. The fourth-order valence-corrected chi connectivity index (χ4v) is 9.13. The predicted octanol–water partition coefficient (Wildman–Crippen LogP) is 11.1. The number of nitrogens with zero attached hydrogens (tertiary/aromatic N) is 6. The summed E-state index contributed by atoms with van der Waals surface area (Å²) >= 11 is 1.51. The summed E-state index contributed by atoms with van der Waals surface area (Å²) in [5.74, 6) is -3.44. The molecule has 2 atom stereocenters. The van der Waals surface area contributed by atoms with Gasteiger partial charge in [0.2, 0.25) is 11.8 Å². The molecule has 2 aliphatic rings. The maximum absolute atomic E-state index is 15.0. The first-order valence-corrected chi connectivity index (χ1v) is 24.2. The van der Waals surface area contributed by atoms with Crippen molar-refractivity contribution in [2.45, 2.75) is 47.1 Å². The Morgan fingerprint density at radius 1 is 0.625 bits per heavy atom. The molecule has 22 heteroatoms. The third-order valence-electron chi connectivity index (χ3n) is 11.0. The van der Waals surface area contributed by atoms with Gasteiger partial charge in [-0.1, -0.05) is 60.7 Å². The number of hydrogen-bond donors (Lipinski definition) is 2. The molecule has 2 N–H and O–H groups in total. The normalized spacial score (nSPS) is 15.6. The molecule has 72 heavy (non-hydrogen) atoms. The van der Waals surface area contributed by atoms with E-state index in [4.69, 9.17) is 10.5 Å². The molecule has 12 nitrogen and oxygen atoms in total. The van der Waals surface area contributed by atoms with Gasteiger partial charge in [-0.3, -0.25) is 19.6 Å². The number of sulfone groups is 1. The number of hydrazone groups is 2. The van der Waals surface area contributed by atoms with Crippen LogP contribution in [0.3, 0.4) is 0 Å². The molecule has 6 aromatic carbocycles. The van der Waals surface area contributed by atoms with Gasteiger partial charge in [0.15, 0.2) is 9.84 Å². The summed E-state index contributed by atoms with van der Waals surface area (Å²) in [5.41, 5.74) is -0.300. The van der Waals surface area contributed by atoms with Crippen LogP contribution in [0, 0.1) is 34.3 Å². The largest absolute Gasteiger partial charge is 0.431 e. The van der Waals surface area contributed by atoms with E-state index in [1.807, 2.05) is 42.7 Å². The number of nitriles is 2. The number of rotatable bonds is 10. The number of hydrogen-bond acceptors (Lipinski definition) is 11. The van der Waals surface area contributed by atoms with E-state index < -0.39 is 82.0 Å². The van der Waals surface area contributed by atoms with Crippen molar-refractivity contribution >= 4 is 67.6 Å². The van der Waals surface area contributed by atoms with Crippen molar-refractivity contribution in [3.05, 3.63) is 156 Å². The van der Waals surface area contributed by atoms with E-state index in [0.29, 0.717) is 5.56 Å². The highest BCUT2D eigenvalue weighted by molar-refractivity contribution is 7.98. The van der Waals surface area contributed by atoms with E-state index >= 15 is 0 Å². The van der Waals surface area contributed by atoms with Crippen LogP contribution in [0.15, 0.2) is 153 Å². The van der Waals surface area contributed by atoms with Crippen molar-refractivity contribution < 1.29 is 53.1 Å². The number of carbonyl (C=O) groups is 2. The minimum absolute atomic E-state index is 0.00999. The van der Waals surface area contributed by atoms with Crippen LogP contribution in [0.4, 0.5) is 57.9 Å². The second-order valence-corrected chi connectivity index (χ2v) is 18.7. The Hall–Kier alpha value is -8.08. The Morgan fingerprint density at radius 2 is 1.06 bits per heavy atom. The molecule has 0 spiro atoms. The Labute approximate surface area is 410 Å². The van der Waals surface area contributed by atoms with Crippen molar-refractivity contribution in [2.24, 2.45) is 10.2 Å². The smallest absolute Gasteiger partial charge is 0.322 e. The number of amides is 2. The highest BCUT2D eigenvalue weighted by atomic mass is 32.2. The van der Waals surface area contributed by atoms with Crippen molar-refractivity contribution in [1.29, 1.82) is 10.5 Å². The number of carbonyl (C=O) groups excluding carboxylic acids is 2. The highest BCUT2D eigenvalue weighted by Gasteiger charge is 2.47. The number of anilines is 4. The number of alkyl halides is 6. The average molecular weight is 1030 g/mol. The molecule has 0 saturated carbocycles. The summed E-state index contributed by atoms with van der Waals surface area (Å²) in [6.45, 7) is 0. The van der Waals surface area contributed by atoms with Crippen molar-refractivity contribution in [3.8, 4) is 34.4 Å². The van der Waals surface area contributed by atoms with Gasteiger partial charge in [-0.05, 0) is 95.7 Å². The monoisotopic (exact) mass is 1030 g/mol. The predicted molar refractivity (Wildman–Crippen MR) is 257 cm³/mol. The molecule has 0 aromatic heterocycles. The molecule has 6 aromatic rings. The lowest BCUT2D eigenvalue weighted by atomic mass is 10.0. The third-order valence-corrected chi connectivity index (χ3v) is 13.0. The zero-order valence-corrected chi connectivity index (χ0v) is 39.1. The van der Waals surface area contributed by atoms with Crippen molar-refractivity contribution in [1.82, 2.24) is 0 Å². The minimum Gasteiger partial charge on any atom is -0.322 e. The van der Waals surface area contributed by atoms with Crippen molar-refractivity contribution in [3.63, 3.8) is 0 Å². The zero-order valence-electron chi connectivity index (χ0n) is 37.4. The zero-order chi connectivity index (χ0) is 52.1. The Balaban J connectivity index is 0.000000212. The molecule has 0 aliphatic carbocycles. The summed E-state index contributed by atoms with van der Waals surface area (Å²) in [6, 6.07) is 33.6. The Kier molecular flexibility index (Phi) is 15.2. The second-order valence-electron chi connectivity index (χ2n) is 15.9. The SMILES string of the molecule is CS(=O)(=O)c1ccccc1-c1ccc(NC(=O)C2CC(C(F)(F)F)=NN2c2cccc(C#N)c2)c(F)c1.CSc1ccccc1-c1ccc(NC(=O)C2CC(C(F)(F)F)=NN2c2cccc(C#N)c2)c(F)c1. The highest BCUT2D eigenvalue weighted by Crippen LogP contribution is 2.37. The topological polar surface area (TPSA) is 171 Å². The maximum Gasteiger partial charge on any atom is 0.431 e. The Bertz CT molecular complexity index is 3350. The van der Waals surface area contributed by atoms with E-state index in [2.05, 4.69) is 20.8 Å². The van der Waals surface area contributed by atoms with E-state index in [-0.39, 0.29) is 49.9 Å². The van der Waals surface area contributed by atoms with Gasteiger partial charge in [-0.2, -0.15) is 47.1 Å². The first-order valence-electron chi connectivity index (χ1n) is 21.1. The van der Waals surface area contributed by atoms with E-state index in [1.165, 1.54) is 103 Å². The van der Waals surface area contributed by atoms with E-state index in [0.717, 1.165) is 32.8 Å². The van der Waals surface area contributed by atoms with Gasteiger partial charge >= 0.3 is 12.4 Å². The first kappa shape index (κ1) is 51.8. The molecule has 0 bridgehead atoms. The maximum atomic E-state index is 15.0. The van der Waals surface area contributed by atoms with Crippen LogP contribution >= 0.6 is 11.8 Å². The van der Waals surface area contributed by atoms with Gasteiger partial charge in [0.1, 0.15) is 35.1 Å². The van der Waals surface area contributed by atoms with Crippen LogP contribution in [0.25, 0.3) is 22.3 Å². The molecule has 8 rings (SSSR count). The molecular weight excluding hydrogens is 993 g/mol. The molecule has 0 saturated heterocycles. The molecule has 2 aliphatic heterocycles. The number of thioether (sulfide) groups is 1. The fourth-order valence-electron chi connectivity index (χ4n) is 7.60. The van der Waals surface area contributed by atoms with Gasteiger partial charge in [0.05, 0.1) is 50.9 Å². The van der Waals surface area contributed by atoms with Crippen LogP contribution in [0.2, 0.25) is 0 Å². The van der Waals surface area contributed by atoms with Crippen LogP contribution in [0.5, 0.6) is 0 Å². The van der Waals surface area contributed by atoms with Gasteiger partial charge < -0.3 is 10.6 Å². The lowest BCUT2D eigenvalue weighted by Crippen LogP contribution is -2.39. The number of nitrogens with one attached hydrogen (secondary N) is 2. The summed E-state index contributed by atoms with van der Waals surface area (Å²) in [6.07, 6.45) is -8.10.